The highest BCUT2D eigenvalue weighted by Gasteiger charge is 2.20. The summed E-state index contributed by atoms with van der Waals surface area (Å²) in [6, 6.07) is 7.07. The van der Waals surface area contributed by atoms with Crippen molar-refractivity contribution in [2.75, 3.05) is 6.54 Å². The van der Waals surface area contributed by atoms with E-state index < -0.39 is 0 Å². The Kier molecular flexibility index (Phi) is 3.65. The van der Waals surface area contributed by atoms with Crippen LogP contribution in [0.4, 0.5) is 0 Å². The van der Waals surface area contributed by atoms with Crippen molar-refractivity contribution in [1.29, 1.82) is 0 Å². The molecule has 0 saturated carbocycles. The Morgan fingerprint density at radius 3 is 2.88 bits per heavy atom. The molecule has 0 spiro atoms. The van der Waals surface area contributed by atoms with Crippen LogP contribution in [0.15, 0.2) is 18.2 Å². The molecule has 1 aliphatic rings. The number of hydrogen-bond acceptors (Lipinski definition) is 1. The molecule has 1 atom stereocenters. The standard InChI is InChI=1S/C15H23N/c1-11(2)14-7-6-12-4-3-5-13(8-9-16)15(12)10-14/h6-7,10-11,13H,3-5,8-9,16H2,1-2H3. The monoisotopic (exact) mass is 217 g/mol. The summed E-state index contributed by atoms with van der Waals surface area (Å²) in [5, 5.41) is 0. The average molecular weight is 217 g/mol. The Hall–Kier alpha value is -0.820. The number of hydrogen-bond donors (Lipinski definition) is 1. The second-order valence-electron chi connectivity index (χ2n) is 5.28. The van der Waals surface area contributed by atoms with Gasteiger partial charge in [-0.3, -0.25) is 0 Å². The molecule has 0 aromatic heterocycles. The van der Waals surface area contributed by atoms with Crippen molar-refractivity contribution in [2.24, 2.45) is 5.73 Å². The van der Waals surface area contributed by atoms with Crippen LogP contribution in [-0.4, -0.2) is 6.54 Å². The largest absolute Gasteiger partial charge is 0.330 e. The molecule has 2 N–H and O–H groups in total. The van der Waals surface area contributed by atoms with E-state index in [0.717, 1.165) is 13.0 Å². The van der Waals surface area contributed by atoms with Gasteiger partial charge in [-0.2, -0.15) is 0 Å². The lowest BCUT2D eigenvalue weighted by molar-refractivity contribution is 0.525. The van der Waals surface area contributed by atoms with Crippen LogP contribution in [0.5, 0.6) is 0 Å². The molecule has 16 heavy (non-hydrogen) atoms. The summed E-state index contributed by atoms with van der Waals surface area (Å²) in [7, 11) is 0. The molecule has 1 heteroatoms. The van der Waals surface area contributed by atoms with E-state index in [1.165, 1.54) is 24.8 Å². The summed E-state index contributed by atoms with van der Waals surface area (Å²) in [6.45, 7) is 5.35. The topological polar surface area (TPSA) is 26.0 Å². The summed E-state index contributed by atoms with van der Waals surface area (Å²) in [5.41, 5.74) is 10.3. The second kappa shape index (κ2) is 5.01. The molecular weight excluding hydrogens is 194 g/mol. The van der Waals surface area contributed by atoms with Crippen molar-refractivity contribution in [3.63, 3.8) is 0 Å². The van der Waals surface area contributed by atoms with Crippen LogP contribution < -0.4 is 5.73 Å². The maximum Gasteiger partial charge on any atom is -0.00714 e. The molecule has 0 heterocycles. The molecule has 2 rings (SSSR count). The SMILES string of the molecule is CC(C)c1ccc2c(c1)C(CCN)CCC2. The van der Waals surface area contributed by atoms with Gasteiger partial charge in [0, 0.05) is 0 Å². The van der Waals surface area contributed by atoms with Crippen LogP contribution in [0, 0.1) is 0 Å². The molecular formula is C15H23N. The van der Waals surface area contributed by atoms with Crippen molar-refractivity contribution in [2.45, 2.75) is 51.4 Å². The van der Waals surface area contributed by atoms with Gasteiger partial charge in [0.2, 0.25) is 0 Å². The Bertz CT molecular complexity index is 354. The zero-order valence-electron chi connectivity index (χ0n) is 10.5. The minimum absolute atomic E-state index is 0.630. The quantitative estimate of drug-likeness (QED) is 0.823. The Balaban J connectivity index is 2.32. The summed E-state index contributed by atoms with van der Waals surface area (Å²) in [6.07, 6.45) is 5.06. The van der Waals surface area contributed by atoms with E-state index in [2.05, 4.69) is 32.0 Å². The summed E-state index contributed by atoms with van der Waals surface area (Å²) < 4.78 is 0. The molecule has 1 aromatic rings. The summed E-state index contributed by atoms with van der Waals surface area (Å²) >= 11 is 0. The zero-order valence-corrected chi connectivity index (χ0v) is 10.5. The third-order valence-electron chi connectivity index (χ3n) is 3.79. The fourth-order valence-corrected chi connectivity index (χ4v) is 2.78. The Labute approximate surface area is 99.0 Å². The molecule has 1 aliphatic carbocycles. The van der Waals surface area contributed by atoms with Crippen LogP contribution in [0.2, 0.25) is 0 Å². The zero-order chi connectivity index (χ0) is 11.5. The van der Waals surface area contributed by atoms with E-state index in [4.69, 9.17) is 5.73 Å². The van der Waals surface area contributed by atoms with E-state index in [1.54, 1.807) is 11.1 Å². The van der Waals surface area contributed by atoms with Crippen LogP contribution in [0.3, 0.4) is 0 Å². The smallest absolute Gasteiger partial charge is 0.00714 e. The van der Waals surface area contributed by atoms with Gasteiger partial charge < -0.3 is 5.73 Å². The predicted molar refractivity (Wildman–Crippen MR) is 69.9 cm³/mol. The van der Waals surface area contributed by atoms with E-state index >= 15 is 0 Å². The number of nitrogens with two attached hydrogens (primary N) is 1. The second-order valence-corrected chi connectivity index (χ2v) is 5.28. The number of aryl methyl sites for hydroxylation is 1. The molecule has 0 bridgehead atoms. The number of benzene rings is 1. The number of rotatable bonds is 3. The highest BCUT2D eigenvalue weighted by Crippen LogP contribution is 2.35. The van der Waals surface area contributed by atoms with Crippen molar-refractivity contribution in [1.82, 2.24) is 0 Å². The number of fused-ring (bicyclic) bond motifs is 1. The van der Waals surface area contributed by atoms with Crippen LogP contribution >= 0.6 is 0 Å². The molecule has 0 aliphatic heterocycles. The van der Waals surface area contributed by atoms with Crippen molar-refractivity contribution >= 4 is 0 Å². The van der Waals surface area contributed by atoms with E-state index in [0.29, 0.717) is 11.8 Å². The van der Waals surface area contributed by atoms with E-state index in [9.17, 15) is 0 Å². The van der Waals surface area contributed by atoms with Crippen LogP contribution in [0.25, 0.3) is 0 Å². The van der Waals surface area contributed by atoms with Gasteiger partial charge in [-0.15, -0.1) is 0 Å². The molecule has 1 nitrogen and oxygen atoms in total. The molecule has 0 fully saturated rings. The molecule has 0 saturated heterocycles. The summed E-state index contributed by atoms with van der Waals surface area (Å²) in [4.78, 5) is 0. The molecule has 0 amide bonds. The first kappa shape index (κ1) is 11.7. The molecule has 88 valence electrons. The lowest BCUT2D eigenvalue weighted by Gasteiger charge is -2.26. The van der Waals surface area contributed by atoms with E-state index in [-0.39, 0.29) is 0 Å². The fourth-order valence-electron chi connectivity index (χ4n) is 2.78. The third-order valence-corrected chi connectivity index (χ3v) is 3.79. The summed E-state index contributed by atoms with van der Waals surface area (Å²) in [5.74, 6) is 1.35. The van der Waals surface area contributed by atoms with Crippen LogP contribution in [-0.2, 0) is 6.42 Å². The molecule has 0 radical (unpaired) electrons. The van der Waals surface area contributed by atoms with Crippen LogP contribution in [0.1, 0.15) is 61.6 Å². The van der Waals surface area contributed by atoms with Crippen molar-refractivity contribution in [3.8, 4) is 0 Å². The van der Waals surface area contributed by atoms with Gasteiger partial charge in [-0.25, -0.2) is 0 Å². The lowest BCUT2D eigenvalue weighted by atomic mass is 9.79. The van der Waals surface area contributed by atoms with Gasteiger partial charge in [-0.1, -0.05) is 32.0 Å². The lowest BCUT2D eigenvalue weighted by Crippen LogP contribution is -2.14. The van der Waals surface area contributed by atoms with Crippen molar-refractivity contribution < 1.29 is 0 Å². The fraction of sp³-hybridized carbons (Fsp3) is 0.600. The highest BCUT2D eigenvalue weighted by atomic mass is 14.5. The minimum Gasteiger partial charge on any atom is -0.330 e. The van der Waals surface area contributed by atoms with E-state index in [1.807, 2.05) is 0 Å². The minimum atomic E-state index is 0.630. The van der Waals surface area contributed by atoms with Gasteiger partial charge in [-0.05, 0) is 60.8 Å². The maximum atomic E-state index is 5.71. The highest BCUT2D eigenvalue weighted by molar-refractivity contribution is 5.37. The van der Waals surface area contributed by atoms with Gasteiger partial charge >= 0.3 is 0 Å². The average Bonchev–Trinajstić information content (AvgIpc) is 2.29. The first-order valence-electron chi connectivity index (χ1n) is 6.55. The van der Waals surface area contributed by atoms with Gasteiger partial charge in [0.1, 0.15) is 0 Å². The third kappa shape index (κ3) is 2.30. The molecule has 1 unspecified atom stereocenters. The Morgan fingerprint density at radius 1 is 1.38 bits per heavy atom. The first-order valence-corrected chi connectivity index (χ1v) is 6.55. The predicted octanol–water partition coefficient (Wildman–Crippen LogP) is 3.58. The molecule has 1 aromatic carbocycles. The first-order chi connectivity index (χ1) is 7.72. The van der Waals surface area contributed by atoms with Gasteiger partial charge in [0.15, 0.2) is 0 Å². The maximum absolute atomic E-state index is 5.71. The van der Waals surface area contributed by atoms with Gasteiger partial charge in [0.05, 0.1) is 0 Å². The Morgan fingerprint density at radius 2 is 2.19 bits per heavy atom. The van der Waals surface area contributed by atoms with Gasteiger partial charge in [0.25, 0.3) is 0 Å². The van der Waals surface area contributed by atoms with Crippen molar-refractivity contribution in [3.05, 3.63) is 34.9 Å². The normalized spacial score (nSPS) is 19.9.